The Morgan fingerprint density at radius 2 is 1.93 bits per heavy atom. The predicted molar refractivity (Wildman–Crippen MR) is 101 cm³/mol. The first-order chi connectivity index (χ1) is 13.0. The van der Waals surface area contributed by atoms with Crippen molar-refractivity contribution in [2.45, 2.75) is 15.8 Å². The molecule has 2 saturated heterocycles. The van der Waals surface area contributed by atoms with Crippen LogP contribution in [0.2, 0.25) is 0 Å². The van der Waals surface area contributed by atoms with Gasteiger partial charge in [0.15, 0.2) is 0 Å². The molecule has 2 fully saturated rings. The number of pyridine rings is 1. The number of sulfone groups is 1. The van der Waals surface area contributed by atoms with Crippen molar-refractivity contribution in [1.82, 2.24) is 10.3 Å². The Kier molecular flexibility index (Phi) is 3.70. The predicted octanol–water partition coefficient (Wildman–Crippen LogP) is 2.61. The summed E-state index contributed by atoms with van der Waals surface area (Å²) in [5.74, 6) is 0.0947. The van der Waals surface area contributed by atoms with E-state index in [1.165, 1.54) is 24.4 Å². The Labute approximate surface area is 156 Å². The molecular weight excluding hydrogens is 365 g/mol. The Balaban J connectivity index is 1.56. The van der Waals surface area contributed by atoms with Crippen molar-refractivity contribution < 1.29 is 12.8 Å². The van der Waals surface area contributed by atoms with Crippen LogP contribution in [0, 0.1) is 11.7 Å². The van der Waals surface area contributed by atoms with Gasteiger partial charge in [0.1, 0.15) is 5.82 Å². The molecule has 0 aliphatic carbocycles. The lowest BCUT2D eigenvalue weighted by atomic mass is 9.96. The molecule has 3 aromatic rings. The van der Waals surface area contributed by atoms with Crippen LogP contribution in [0.1, 0.15) is 0 Å². The summed E-state index contributed by atoms with van der Waals surface area (Å²) in [5, 5.41) is 4.20. The van der Waals surface area contributed by atoms with Gasteiger partial charge in [0.25, 0.3) is 0 Å². The van der Waals surface area contributed by atoms with Gasteiger partial charge in [-0.15, -0.1) is 0 Å². The molecule has 138 valence electrons. The van der Waals surface area contributed by atoms with E-state index < -0.39 is 15.7 Å². The number of hydrogen-bond acceptors (Lipinski definition) is 5. The second-order valence-corrected chi connectivity index (χ2v) is 9.11. The molecule has 7 heteroatoms. The molecule has 0 amide bonds. The highest BCUT2D eigenvalue weighted by Gasteiger charge is 2.39. The number of benzene rings is 2. The maximum atomic E-state index is 13.5. The zero-order valence-corrected chi connectivity index (χ0v) is 15.3. The van der Waals surface area contributed by atoms with Gasteiger partial charge in [-0.1, -0.05) is 18.2 Å². The van der Waals surface area contributed by atoms with Gasteiger partial charge in [0.2, 0.25) is 9.84 Å². The fourth-order valence-corrected chi connectivity index (χ4v) is 5.22. The highest BCUT2D eigenvalue weighted by molar-refractivity contribution is 7.91. The Bertz CT molecular complexity index is 1140. The first kappa shape index (κ1) is 16.6. The number of nitrogens with one attached hydrogen (secondary N) is 1. The number of anilines is 1. The summed E-state index contributed by atoms with van der Waals surface area (Å²) in [5.41, 5.74) is 1.82. The number of fused-ring (bicyclic) bond motifs is 2. The first-order valence-electron chi connectivity index (χ1n) is 8.90. The van der Waals surface area contributed by atoms with Crippen molar-refractivity contribution in [2.24, 2.45) is 5.92 Å². The van der Waals surface area contributed by atoms with Crippen LogP contribution in [-0.4, -0.2) is 39.1 Å². The summed E-state index contributed by atoms with van der Waals surface area (Å²) in [4.78, 5) is 6.79. The van der Waals surface area contributed by atoms with Gasteiger partial charge in [0, 0.05) is 43.2 Å². The molecule has 3 heterocycles. The first-order valence-corrected chi connectivity index (χ1v) is 10.4. The van der Waals surface area contributed by atoms with Crippen LogP contribution in [0.25, 0.3) is 10.9 Å². The molecule has 2 aliphatic heterocycles. The van der Waals surface area contributed by atoms with Gasteiger partial charge < -0.3 is 10.2 Å². The highest BCUT2D eigenvalue weighted by atomic mass is 32.2. The zero-order chi connectivity index (χ0) is 18.6. The van der Waals surface area contributed by atoms with Crippen molar-refractivity contribution >= 4 is 26.4 Å². The lowest BCUT2D eigenvalue weighted by Crippen LogP contribution is -2.51. The van der Waals surface area contributed by atoms with Crippen molar-refractivity contribution in [3.8, 4) is 0 Å². The maximum Gasteiger partial charge on any atom is 0.208 e. The molecule has 0 spiro atoms. The van der Waals surface area contributed by atoms with Crippen molar-refractivity contribution in [3.05, 3.63) is 60.5 Å². The van der Waals surface area contributed by atoms with Gasteiger partial charge in [-0.2, -0.15) is 0 Å². The smallest absolute Gasteiger partial charge is 0.208 e. The van der Waals surface area contributed by atoms with Crippen molar-refractivity contribution in [2.75, 3.05) is 24.5 Å². The summed E-state index contributed by atoms with van der Waals surface area (Å²) >= 11 is 0. The monoisotopic (exact) mass is 383 g/mol. The minimum atomic E-state index is -3.82. The van der Waals surface area contributed by atoms with E-state index in [4.69, 9.17) is 0 Å². The van der Waals surface area contributed by atoms with Crippen LogP contribution >= 0.6 is 0 Å². The van der Waals surface area contributed by atoms with E-state index in [0.29, 0.717) is 12.0 Å². The fraction of sp³-hybridized carbons (Fsp3) is 0.250. The number of halogens is 1. The third-order valence-corrected chi connectivity index (χ3v) is 7.22. The standard InChI is InChI=1S/C20H18FN3O2S/c21-15-4-2-5-16(8-15)27(25,26)17-7-13-3-1-6-19(20(13)23-10-17)24-11-14-9-22-18(14)12-24/h1-8,10,14,18,22H,9,11-12H2/t14-,18+/m1/s1. The molecule has 2 aromatic carbocycles. The third-order valence-electron chi connectivity index (χ3n) is 5.51. The van der Waals surface area contributed by atoms with Gasteiger partial charge in [-0.05, 0) is 30.3 Å². The van der Waals surface area contributed by atoms with Gasteiger partial charge in [-0.25, -0.2) is 12.8 Å². The molecular formula is C20H18FN3O2S. The van der Waals surface area contributed by atoms with E-state index in [9.17, 15) is 12.8 Å². The van der Waals surface area contributed by atoms with E-state index in [0.717, 1.165) is 42.3 Å². The molecule has 0 radical (unpaired) electrons. The van der Waals surface area contributed by atoms with Gasteiger partial charge >= 0.3 is 0 Å². The fourth-order valence-electron chi connectivity index (χ4n) is 3.95. The summed E-state index contributed by atoms with van der Waals surface area (Å²) in [6, 6.07) is 13.0. The summed E-state index contributed by atoms with van der Waals surface area (Å²) in [6.07, 6.45) is 1.37. The van der Waals surface area contributed by atoms with E-state index in [1.807, 2.05) is 18.2 Å². The topological polar surface area (TPSA) is 62.3 Å². The van der Waals surface area contributed by atoms with Crippen LogP contribution in [0.3, 0.4) is 0 Å². The Morgan fingerprint density at radius 1 is 1.07 bits per heavy atom. The van der Waals surface area contributed by atoms with Crippen LogP contribution < -0.4 is 10.2 Å². The second-order valence-electron chi connectivity index (χ2n) is 7.16. The normalized spacial score (nSPS) is 21.9. The Hall–Kier alpha value is -2.51. The van der Waals surface area contributed by atoms with Crippen LogP contribution in [0.5, 0.6) is 0 Å². The quantitative estimate of drug-likeness (QED) is 0.753. The molecule has 5 nitrogen and oxygen atoms in total. The average Bonchev–Trinajstić information content (AvgIpc) is 2.95. The lowest BCUT2D eigenvalue weighted by molar-refractivity contribution is 0.297. The van der Waals surface area contributed by atoms with E-state index in [-0.39, 0.29) is 9.79 Å². The number of hydrogen-bond donors (Lipinski definition) is 1. The average molecular weight is 383 g/mol. The molecule has 0 bridgehead atoms. The van der Waals surface area contributed by atoms with Crippen LogP contribution in [-0.2, 0) is 9.84 Å². The number of nitrogens with zero attached hydrogens (tertiary/aromatic N) is 2. The third kappa shape index (κ3) is 2.69. The molecule has 1 aromatic heterocycles. The highest BCUT2D eigenvalue weighted by Crippen LogP contribution is 2.33. The summed E-state index contributed by atoms with van der Waals surface area (Å²) < 4.78 is 39.1. The summed E-state index contributed by atoms with van der Waals surface area (Å²) in [6.45, 7) is 2.98. The molecule has 0 unspecified atom stereocenters. The second kappa shape index (κ2) is 6.00. The zero-order valence-electron chi connectivity index (χ0n) is 14.5. The maximum absolute atomic E-state index is 13.5. The SMILES string of the molecule is O=S(=O)(c1cccc(F)c1)c1cnc2c(N3C[C@H]4CN[C@H]4C3)cccc2c1. The van der Waals surface area contributed by atoms with Crippen LogP contribution in [0.15, 0.2) is 64.5 Å². The van der Waals surface area contributed by atoms with Gasteiger partial charge in [-0.3, -0.25) is 4.98 Å². The minimum absolute atomic E-state index is 0.0676. The van der Waals surface area contributed by atoms with Gasteiger partial charge in [0.05, 0.1) is 21.0 Å². The molecule has 0 saturated carbocycles. The Morgan fingerprint density at radius 3 is 2.63 bits per heavy atom. The number of rotatable bonds is 3. The van der Waals surface area contributed by atoms with E-state index >= 15 is 0 Å². The number of aromatic nitrogens is 1. The molecule has 1 N–H and O–H groups in total. The van der Waals surface area contributed by atoms with E-state index in [2.05, 4.69) is 15.2 Å². The number of para-hydroxylation sites is 1. The van der Waals surface area contributed by atoms with Crippen molar-refractivity contribution in [1.29, 1.82) is 0 Å². The van der Waals surface area contributed by atoms with Crippen LogP contribution in [0.4, 0.5) is 10.1 Å². The molecule has 27 heavy (non-hydrogen) atoms. The van der Waals surface area contributed by atoms with Crippen molar-refractivity contribution in [3.63, 3.8) is 0 Å². The minimum Gasteiger partial charge on any atom is -0.368 e. The molecule has 5 rings (SSSR count). The molecule has 2 aliphatic rings. The lowest BCUT2D eigenvalue weighted by Gasteiger charge is -2.29. The molecule has 2 atom stereocenters. The van der Waals surface area contributed by atoms with E-state index in [1.54, 1.807) is 6.07 Å². The largest absolute Gasteiger partial charge is 0.368 e. The summed E-state index contributed by atoms with van der Waals surface area (Å²) in [7, 11) is -3.82.